The number of nitrogens with one attached hydrogen (secondary N) is 4. The third-order valence-electron chi connectivity index (χ3n) is 8.83. The predicted octanol–water partition coefficient (Wildman–Crippen LogP) is 4.58. The van der Waals surface area contributed by atoms with Crippen LogP contribution in [0.3, 0.4) is 0 Å². The first kappa shape index (κ1) is 38.9. The number of carbonyl (C=O) groups is 7. The number of hydrogen-bond donors (Lipinski definition) is 4. The van der Waals surface area contributed by atoms with Crippen molar-refractivity contribution in [3.05, 3.63) is 96.6 Å². The molecule has 13 heteroatoms. The van der Waals surface area contributed by atoms with Gasteiger partial charge in [-0.15, -0.1) is 0 Å². The molecule has 1 fully saturated rings. The van der Waals surface area contributed by atoms with Gasteiger partial charge < -0.3 is 31.1 Å². The molecular formula is C39H46N6O7. The highest BCUT2D eigenvalue weighted by molar-refractivity contribution is 6.38. The molecule has 4 N–H and O–H groups in total. The molecule has 0 spiro atoms. The van der Waals surface area contributed by atoms with Crippen molar-refractivity contribution < 1.29 is 33.6 Å². The van der Waals surface area contributed by atoms with E-state index >= 15 is 0 Å². The molecule has 6 amide bonds. The zero-order chi connectivity index (χ0) is 37.6. The fraction of sp³-hybridized carbons (Fsp3) is 0.359. The molecule has 0 aliphatic carbocycles. The highest BCUT2D eigenvalue weighted by Crippen LogP contribution is 2.25. The number of likely N-dealkylation sites (tertiary alicyclic amines) is 1. The zero-order valence-corrected chi connectivity index (χ0v) is 29.7. The number of hydrogen-bond acceptors (Lipinski definition) is 7. The van der Waals surface area contributed by atoms with Crippen LogP contribution >= 0.6 is 0 Å². The zero-order valence-electron chi connectivity index (χ0n) is 29.7. The number of anilines is 2. The van der Waals surface area contributed by atoms with Gasteiger partial charge in [0.15, 0.2) is 5.78 Å². The van der Waals surface area contributed by atoms with Gasteiger partial charge in [0.2, 0.25) is 17.6 Å². The molecule has 4 atom stereocenters. The summed E-state index contributed by atoms with van der Waals surface area (Å²) < 4.78 is 0. The molecule has 4 rings (SSSR count). The number of para-hydroxylation sites is 2. The van der Waals surface area contributed by atoms with Crippen LogP contribution < -0.4 is 21.3 Å². The molecule has 1 aliphatic heterocycles. The Hall–Kier alpha value is -5.85. The maximum absolute atomic E-state index is 13.9. The van der Waals surface area contributed by atoms with Gasteiger partial charge >= 0.3 is 12.1 Å². The minimum atomic E-state index is -0.961. The van der Waals surface area contributed by atoms with E-state index in [1.54, 1.807) is 99.0 Å². The lowest BCUT2D eigenvalue weighted by molar-refractivity contribution is -0.141. The molecule has 0 saturated carbocycles. The van der Waals surface area contributed by atoms with E-state index in [2.05, 4.69) is 21.3 Å². The quantitative estimate of drug-likeness (QED) is 0.158. The van der Waals surface area contributed by atoms with Crippen LogP contribution in [-0.2, 0) is 24.0 Å². The predicted molar refractivity (Wildman–Crippen MR) is 196 cm³/mol. The van der Waals surface area contributed by atoms with E-state index in [9.17, 15) is 33.6 Å². The summed E-state index contributed by atoms with van der Waals surface area (Å²) >= 11 is 0. The minimum Gasteiger partial charge on any atom is -0.347 e. The maximum Gasteiger partial charge on any atom is 0.321 e. The maximum atomic E-state index is 13.9. The van der Waals surface area contributed by atoms with Crippen LogP contribution in [0.5, 0.6) is 0 Å². The molecular weight excluding hydrogens is 664 g/mol. The first-order valence-corrected chi connectivity index (χ1v) is 17.4. The Bertz CT molecular complexity index is 1720. The third kappa shape index (κ3) is 11.1. The second-order valence-corrected chi connectivity index (χ2v) is 13.0. The van der Waals surface area contributed by atoms with Gasteiger partial charge in [0.1, 0.15) is 11.8 Å². The van der Waals surface area contributed by atoms with Gasteiger partial charge in [-0.3, -0.25) is 24.0 Å². The summed E-state index contributed by atoms with van der Waals surface area (Å²) in [6, 6.07) is 23.5. The first-order valence-electron chi connectivity index (χ1n) is 17.4. The van der Waals surface area contributed by atoms with E-state index in [1.807, 2.05) is 13.0 Å². The Balaban J connectivity index is 1.41. The summed E-state index contributed by atoms with van der Waals surface area (Å²) in [7, 11) is 3.14. The summed E-state index contributed by atoms with van der Waals surface area (Å²) in [6.45, 7) is 1.86. The summed E-state index contributed by atoms with van der Waals surface area (Å²) in [4.78, 5) is 95.1. The minimum absolute atomic E-state index is 0.0107. The summed E-state index contributed by atoms with van der Waals surface area (Å²) in [6.07, 6.45) is -0.210. The topological polar surface area (TPSA) is 174 Å². The van der Waals surface area contributed by atoms with Gasteiger partial charge in [-0.05, 0) is 36.2 Å². The molecule has 3 aromatic rings. The number of Topliss-reactive ketones (excluding diaryl/α,β-unsaturated/α-hetero) is 3. The van der Waals surface area contributed by atoms with Crippen molar-refractivity contribution in [2.24, 2.45) is 11.8 Å². The second kappa shape index (κ2) is 18.9. The molecule has 1 aliphatic rings. The normalized spacial score (nSPS) is 16.2. The largest absolute Gasteiger partial charge is 0.347 e. The molecule has 1 saturated heterocycles. The average molecular weight is 711 g/mol. The fourth-order valence-corrected chi connectivity index (χ4v) is 6.09. The van der Waals surface area contributed by atoms with Crippen LogP contribution in [0.4, 0.5) is 21.0 Å². The molecule has 0 radical (unpaired) electrons. The summed E-state index contributed by atoms with van der Waals surface area (Å²) in [5.74, 6) is -4.62. The lowest BCUT2D eigenvalue weighted by Gasteiger charge is -2.22. The summed E-state index contributed by atoms with van der Waals surface area (Å²) in [5, 5.41) is 11.0. The molecule has 0 aromatic heterocycles. The van der Waals surface area contributed by atoms with E-state index in [4.69, 9.17) is 0 Å². The lowest BCUT2D eigenvalue weighted by Crippen LogP contribution is -2.45. The number of carbonyl (C=O) groups excluding carboxylic acids is 7. The average Bonchev–Trinajstić information content (AvgIpc) is 3.57. The van der Waals surface area contributed by atoms with E-state index in [0.29, 0.717) is 23.4 Å². The van der Waals surface area contributed by atoms with Crippen LogP contribution in [-0.4, -0.2) is 84.3 Å². The lowest BCUT2D eigenvalue weighted by atomic mass is 9.85. The van der Waals surface area contributed by atoms with Crippen molar-refractivity contribution >= 4 is 52.6 Å². The summed E-state index contributed by atoms with van der Waals surface area (Å²) in [5.41, 5.74) is 1.68. The number of urea groups is 2. The highest BCUT2D eigenvalue weighted by Gasteiger charge is 2.42. The van der Waals surface area contributed by atoms with Crippen molar-refractivity contribution in [2.45, 2.75) is 51.1 Å². The van der Waals surface area contributed by atoms with Gasteiger partial charge in [0, 0.05) is 63.7 Å². The van der Waals surface area contributed by atoms with Crippen molar-refractivity contribution in [3.8, 4) is 0 Å². The highest BCUT2D eigenvalue weighted by atomic mass is 16.2. The standard InChI is InChI=1S/C39H46N6O7/c1-4-14-27(36(49)32(46)21-22-34(48)43-35(37(50)44(2)3)26-15-8-5-9-16-26)23-33(47)30-24-45(39(52)41-29-19-12-7-13-20-29)25-31(30)42-38(51)40-28-17-10-6-11-18-28/h5-13,15-20,27,30-31,35H,4,14,21-25H2,1-3H3,(H,41,52)(H,43,48)(H2,40,42,51)/t27-,30-,31+,35+/m1/s1. The number of benzene rings is 3. The Morgan fingerprint density at radius 2 is 1.35 bits per heavy atom. The van der Waals surface area contributed by atoms with Crippen molar-refractivity contribution in [1.29, 1.82) is 0 Å². The van der Waals surface area contributed by atoms with Crippen LogP contribution in [0.1, 0.15) is 50.6 Å². The molecule has 3 aromatic carbocycles. The molecule has 274 valence electrons. The van der Waals surface area contributed by atoms with Crippen LogP contribution in [0, 0.1) is 11.8 Å². The number of nitrogens with zero attached hydrogens (tertiary/aromatic N) is 2. The smallest absolute Gasteiger partial charge is 0.321 e. The Morgan fingerprint density at radius 3 is 1.92 bits per heavy atom. The molecule has 0 bridgehead atoms. The van der Waals surface area contributed by atoms with Crippen LogP contribution in [0.2, 0.25) is 0 Å². The van der Waals surface area contributed by atoms with Gasteiger partial charge in [-0.2, -0.15) is 0 Å². The Kier molecular flexibility index (Phi) is 14.2. The van der Waals surface area contributed by atoms with Crippen molar-refractivity contribution in [3.63, 3.8) is 0 Å². The number of amides is 6. The molecule has 13 nitrogen and oxygen atoms in total. The van der Waals surface area contributed by atoms with Gasteiger partial charge in [0.05, 0.1) is 12.0 Å². The second-order valence-electron chi connectivity index (χ2n) is 13.0. The van der Waals surface area contributed by atoms with Crippen LogP contribution in [0.15, 0.2) is 91.0 Å². The Morgan fingerprint density at radius 1 is 0.769 bits per heavy atom. The molecule has 1 heterocycles. The Labute approximate surface area is 303 Å². The monoisotopic (exact) mass is 710 g/mol. The van der Waals surface area contributed by atoms with Gasteiger partial charge in [-0.1, -0.05) is 80.1 Å². The van der Waals surface area contributed by atoms with E-state index in [1.165, 1.54) is 9.80 Å². The van der Waals surface area contributed by atoms with E-state index < -0.39 is 59.9 Å². The molecule has 52 heavy (non-hydrogen) atoms. The van der Waals surface area contributed by atoms with Gasteiger partial charge in [0.25, 0.3) is 0 Å². The SMILES string of the molecule is CCC[C@H](CC(=O)[C@@H]1CN(C(=O)Nc2ccccc2)C[C@@H]1NC(=O)Nc1ccccc1)C(=O)C(=O)CCC(=O)N[C@H](C(=O)N(C)C)c1ccccc1. The first-order chi connectivity index (χ1) is 25.0. The van der Waals surface area contributed by atoms with Crippen molar-refractivity contribution in [2.75, 3.05) is 37.8 Å². The van der Waals surface area contributed by atoms with Gasteiger partial charge in [-0.25, -0.2) is 9.59 Å². The number of likely N-dealkylation sites (N-methyl/N-ethyl adjacent to an activating group) is 1. The fourth-order valence-electron chi connectivity index (χ4n) is 6.09. The van der Waals surface area contributed by atoms with Crippen molar-refractivity contribution in [1.82, 2.24) is 20.4 Å². The van der Waals surface area contributed by atoms with Crippen LogP contribution in [0.25, 0.3) is 0 Å². The molecule has 0 unspecified atom stereocenters. The number of rotatable bonds is 16. The third-order valence-corrected chi connectivity index (χ3v) is 8.83. The number of ketones is 3. The van der Waals surface area contributed by atoms with E-state index in [-0.39, 0.29) is 44.0 Å². The van der Waals surface area contributed by atoms with E-state index in [0.717, 1.165) is 0 Å².